The van der Waals surface area contributed by atoms with Gasteiger partial charge in [-0.05, 0) is 32.9 Å². The standard InChI is InChI=1S/C15H20N2O/c1-4-17(12(2)3)15(18)14-10-6-5-8-13(14)9-7-11-16/h5-6,8,10,12H,4,11,16H2,1-3H3. The van der Waals surface area contributed by atoms with E-state index in [0.29, 0.717) is 18.7 Å². The van der Waals surface area contributed by atoms with Gasteiger partial charge in [-0.2, -0.15) is 0 Å². The molecule has 1 aromatic carbocycles. The summed E-state index contributed by atoms with van der Waals surface area (Å²) in [6.45, 7) is 6.98. The zero-order valence-corrected chi connectivity index (χ0v) is 11.2. The van der Waals surface area contributed by atoms with Gasteiger partial charge in [-0.25, -0.2) is 0 Å². The van der Waals surface area contributed by atoms with E-state index in [9.17, 15) is 4.79 Å². The maximum absolute atomic E-state index is 12.4. The Kier molecular flexibility index (Phi) is 5.41. The van der Waals surface area contributed by atoms with Crippen molar-refractivity contribution in [1.29, 1.82) is 0 Å². The number of carbonyl (C=O) groups is 1. The van der Waals surface area contributed by atoms with Crippen LogP contribution in [0.15, 0.2) is 24.3 Å². The van der Waals surface area contributed by atoms with Gasteiger partial charge in [0.1, 0.15) is 0 Å². The summed E-state index contributed by atoms with van der Waals surface area (Å²) in [5.41, 5.74) is 6.76. The van der Waals surface area contributed by atoms with Crippen LogP contribution in [0.4, 0.5) is 0 Å². The lowest BCUT2D eigenvalue weighted by atomic mass is 10.1. The molecule has 1 amide bonds. The van der Waals surface area contributed by atoms with Crippen molar-refractivity contribution >= 4 is 5.91 Å². The molecule has 3 heteroatoms. The van der Waals surface area contributed by atoms with Gasteiger partial charge in [-0.15, -0.1) is 0 Å². The van der Waals surface area contributed by atoms with E-state index in [1.165, 1.54) is 0 Å². The topological polar surface area (TPSA) is 46.3 Å². The van der Waals surface area contributed by atoms with Crippen LogP contribution in [0.3, 0.4) is 0 Å². The van der Waals surface area contributed by atoms with Crippen molar-refractivity contribution in [1.82, 2.24) is 4.90 Å². The third kappa shape index (κ3) is 3.35. The Hall–Kier alpha value is -1.79. The van der Waals surface area contributed by atoms with Crippen LogP contribution in [0, 0.1) is 11.8 Å². The molecule has 0 bridgehead atoms. The van der Waals surface area contributed by atoms with Gasteiger partial charge in [0.05, 0.1) is 12.1 Å². The van der Waals surface area contributed by atoms with Gasteiger partial charge in [-0.1, -0.05) is 24.0 Å². The van der Waals surface area contributed by atoms with Gasteiger partial charge >= 0.3 is 0 Å². The fraction of sp³-hybridized carbons (Fsp3) is 0.400. The number of amides is 1. The minimum absolute atomic E-state index is 0.0226. The van der Waals surface area contributed by atoms with E-state index in [2.05, 4.69) is 11.8 Å². The molecule has 18 heavy (non-hydrogen) atoms. The maximum Gasteiger partial charge on any atom is 0.255 e. The zero-order chi connectivity index (χ0) is 13.5. The SMILES string of the molecule is CCN(C(=O)c1ccccc1C#CCN)C(C)C. The van der Waals surface area contributed by atoms with Crippen LogP contribution < -0.4 is 5.73 Å². The number of rotatable bonds is 3. The minimum atomic E-state index is 0.0226. The zero-order valence-electron chi connectivity index (χ0n) is 11.2. The molecular weight excluding hydrogens is 224 g/mol. The first-order valence-electron chi connectivity index (χ1n) is 6.20. The van der Waals surface area contributed by atoms with Gasteiger partial charge in [-0.3, -0.25) is 4.79 Å². The molecule has 0 saturated heterocycles. The smallest absolute Gasteiger partial charge is 0.255 e. The summed E-state index contributed by atoms with van der Waals surface area (Å²) < 4.78 is 0. The summed E-state index contributed by atoms with van der Waals surface area (Å²) in [6, 6.07) is 7.58. The number of carbonyl (C=O) groups excluding carboxylic acids is 1. The molecular formula is C15H20N2O. The highest BCUT2D eigenvalue weighted by Crippen LogP contribution is 2.12. The second-order valence-electron chi connectivity index (χ2n) is 4.24. The summed E-state index contributed by atoms with van der Waals surface area (Å²) in [7, 11) is 0. The van der Waals surface area contributed by atoms with E-state index in [0.717, 1.165) is 5.56 Å². The molecule has 0 aromatic heterocycles. The second kappa shape index (κ2) is 6.83. The van der Waals surface area contributed by atoms with E-state index in [1.54, 1.807) is 0 Å². The highest BCUT2D eigenvalue weighted by Gasteiger charge is 2.18. The summed E-state index contributed by atoms with van der Waals surface area (Å²) in [4.78, 5) is 14.3. The Bertz CT molecular complexity index is 469. The van der Waals surface area contributed by atoms with Crippen LogP contribution in [0.2, 0.25) is 0 Å². The third-order valence-electron chi connectivity index (χ3n) is 2.71. The van der Waals surface area contributed by atoms with Crippen LogP contribution in [0.5, 0.6) is 0 Å². The molecule has 0 spiro atoms. The molecule has 0 unspecified atom stereocenters. The molecule has 1 rings (SSSR count). The van der Waals surface area contributed by atoms with Crippen LogP contribution in [0.1, 0.15) is 36.7 Å². The average Bonchev–Trinajstić information content (AvgIpc) is 2.37. The van der Waals surface area contributed by atoms with Crippen molar-refractivity contribution in [3.8, 4) is 11.8 Å². The number of benzene rings is 1. The summed E-state index contributed by atoms with van der Waals surface area (Å²) in [6.07, 6.45) is 0. The van der Waals surface area contributed by atoms with Crippen LogP contribution >= 0.6 is 0 Å². The van der Waals surface area contributed by atoms with Crippen molar-refractivity contribution in [3.63, 3.8) is 0 Å². The second-order valence-corrected chi connectivity index (χ2v) is 4.24. The van der Waals surface area contributed by atoms with E-state index in [1.807, 2.05) is 49.9 Å². The largest absolute Gasteiger partial charge is 0.336 e. The first-order valence-corrected chi connectivity index (χ1v) is 6.20. The lowest BCUT2D eigenvalue weighted by molar-refractivity contribution is 0.0716. The normalized spacial score (nSPS) is 9.83. The Labute approximate surface area is 109 Å². The predicted octanol–water partition coefficient (Wildman–Crippen LogP) is 1.87. The Balaban J connectivity index is 3.12. The minimum Gasteiger partial charge on any atom is -0.336 e. The molecule has 0 aliphatic carbocycles. The van der Waals surface area contributed by atoms with E-state index in [-0.39, 0.29) is 11.9 Å². The molecule has 2 N–H and O–H groups in total. The van der Waals surface area contributed by atoms with E-state index < -0.39 is 0 Å². The summed E-state index contributed by atoms with van der Waals surface area (Å²) >= 11 is 0. The number of hydrogen-bond donors (Lipinski definition) is 1. The van der Waals surface area contributed by atoms with Gasteiger partial charge in [0.15, 0.2) is 0 Å². The van der Waals surface area contributed by atoms with E-state index in [4.69, 9.17) is 5.73 Å². The average molecular weight is 244 g/mol. The number of nitrogens with zero attached hydrogens (tertiary/aromatic N) is 1. The first kappa shape index (κ1) is 14.3. The van der Waals surface area contributed by atoms with Crippen LogP contribution in [0.25, 0.3) is 0 Å². The third-order valence-corrected chi connectivity index (χ3v) is 2.71. The number of hydrogen-bond acceptors (Lipinski definition) is 2. The van der Waals surface area contributed by atoms with Crippen molar-refractivity contribution in [2.24, 2.45) is 5.73 Å². The Morgan fingerprint density at radius 1 is 1.39 bits per heavy atom. The van der Waals surface area contributed by atoms with E-state index >= 15 is 0 Å². The van der Waals surface area contributed by atoms with Crippen molar-refractivity contribution < 1.29 is 4.79 Å². The molecule has 0 aliphatic rings. The number of nitrogens with two attached hydrogens (primary N) is 1. The molecule has 0 radical (unpaired) electrons. The molecule has 0 aliphatic heterocycles. The van der Waals surface area contributed by atoms with Gasteiger partial charge in [0, 0.05) is 18.2 Å². The van der Waals surface area contributed by atoms with Gasteiger partial charge < -0.3 is 10.6 Å². The highest BCUT2D eigenvalue weighted by molar-refractivity contribution is 5.96. The van der Waals surface area contributed by atoms with Crippen molar-refractivity contribution in [2.45, 2.75) is 26.8 Å². The van der Waals surface area contributed by atoms with Gasteiger partial charge in [0.25, 0.3) is 5.91 Å². The molecule has 96 valence electrons. The predicted molar refractivity (Wildman–Crippen MR) is 74.2 cm³/mol. The molecule has 0 saturated carbocycles. The Morgan fingerprint density at radius 3 is 2.61 bits per heavy atom. The Morgan fingerprint density at radius 2 is 2.06 bits per heavy atom. The summed E-state index contributed by atoms with van der Waals surface area (Å²) in [5, 5.41) is 0. The molecule has 0 atom stereocenters. The lowest BCUT2D eigenvalue weighted by Crippen LogP contribution is -2.37. The molecule has 0 fully saturated rings. The first-order chi connectivity index (χ1) is 8.61. The van der Waals surface area contributed by atoms with Crippen LogP contribution in [-0.4, -0.2) is 29.9 Å². The fourth-order valence-electron chi connectivity index (χ4n) is 1.82. The van der Waals surface area contributed by atoms with Crippen molar-refractivity contribution in [2.75, 3.05) is 13.1 Å². The maximum atomic E-state index is 12.4. The fourth-order valence-corrected chi connectivity index (χ4v) is 1.82. The highest BCUT2D eigenvalue weighted by atomic mass is 16.2. The molecule has 1 aromatic rings. The monoisotopic (exact) mass is 244 g/mol. The summed E-state index contributed by atoms with van der Waals surface area (Å²) in [5.74, 6) is 5.76. The van der Waals surface area contributed by atoms with Gasteiger partial charge in [0.2, 0.25) is 0 Å². The lowest BCUT2D eigenvalue weighted by Gasteiger charge is -2.25. The molecule has 0 heterocycles. The van der Waals surface area contributed by atoms with Crippen LogP contribution in [-0.2, 0) is 0 Å². The quantitative estimate of drug-likeness (QED) is 0.825. The van der Waals surface area contributed by atoms with Crippen molar-refractivity contribution in [3.05, 3.63) is 35.4 Å². The molecule has 3 nitrogen and oxygen atoms in total.